The molecule has 0 heterocycles. The van der Waals surface area contributed by atoms with Crippen LogP contribution in [0.15, 0.2) is 16.6 Å². The molecule has 0 atom stereocenters. The van der Waals surface area contributed by atoms with Crippen molar-refractivity contribution in [1.82, 2.24) is 0 Å². The van der Waals surface area contributed by atoms with Crippen LogP contribution >= 0.6 is 31.9 Å². The van der Waals surface area contributed by atoms with Crippen molar-refractivity contribution in [3.63, 3.8) is 0 Å². The molecule has 1 aromatic carbocycles. The monoisotopic (exact) mass is 365 g/mol. The number of nitro benzene ring substituents is 1. The van der Waals surface area contributed by atoms with Gasteiger partial charge in [0, 0.05) is 15.9 Å². The van der Waals surface area contributed by atoms with Gasteiger partial charge in [0.15, 0.2) is 0 Å². The predicted molar refractivity (Wildman–Crippen MR) is 69.4 cm³/mol. The van der Waals surface area contributed by atoms with Crippen molar-refractivity contribution < 1.29 is 14.5 Å². The highest BCUT2D eigenvalue weighted by atomic mass is 79.9. The number of benzene rings is 1. The number of rotatable bonds is 4. The molecule has 0 bridgehead atoms. The van der Waals surface area contributed by atoms with E-state index in [4.69, 9.17) is 4.74 Å². The van der Waals surface area contributed by atoms with E-state index in [1.54, 1.807) is 6.92 Å². The Hall–Kier alpha value is -0.950. The molecule has 0 fully saturated rings. The number of nitro groups is 1. The second-order valence-electron chi connectivity index (χ2n) is 3.07. The van der Waals surface area contributed by atoms with Crippen LogP contribution in [0.25, 0.3) is 0 Å². The van der Waals surface area contributed by atoms with Gasteiger partial charge in [-0.2, -0.15) is 0 Å². The third kappa shape index (κ3) is 3.26. The fourth-order valence-electron chi connectivity index (χ4n) is 1.23. The Morgan fingerprint density at radius 2 is 2.18 bits per heavy atom. The predicted octanol–water partition coefficient (Wildman–Crippen LogP) is 3.43. The quantitative estimate of drug-likeness (QED) is 0.354. The summed E-state index contributed by atoms with van der Waals surface area (Å²) >= 11 is 6.46. The molecule has 0 amide bonds. The van der Waals surface area contributed by atoms with E-state index in [1.165, 1.54) is 12.1 Å². The summed E-state index contributed by atoms with van der Waals surface area (Å²) in [5, 5.41) is 11.3. The first-order valence-corrected chi connectivity index (χ1v) is 6.62. The van der Waals surface area contributed by atoms with Gasteiger partial charge in [-0.1, -0.05) is 31.9 Å². The first-order valence-electron chi connectivity index (χ1n) is 4.71. The summed E-state index contributed by atoms with van der Waals surface area (Å²) in [7, 11) is 0. The van der Waals surface area contributed by atoms with Gasteiger partial charge in [0.1, 0.15) is 5.56 Å². The lowest BCUT2D eigenvalue weighted by molar-refractivity contribution is -0.385. The number of carbonyl (C=O) groups is 1. The molecule has 1 aromatic rings. The van der Waals surface area contributed by atoms with Gasteiger partial charge in [-0.25, -0.2) is 4.79 Å². The maximum Gasteiger partial charge on any atom is 0.345 e. The van der Waals surface area contributed by atoms with E-state index in [9.17, 15) is 14.9 Å². The van der Waals surface area contributed by atoms with Crippen molar-refractivity contribution in [2.45, 2.75) is 12.3 Å². The Morgan fingerprint density at radius 3 is 2.65 bits per heavy atom. The minimum absolute atomic E-state index is 0.0478. The second kappa shape index (κ2) is 6.11. The van der Waals surface area contributed by atoms with Gasteiger partial charge in [0.05, 0.1) is 11.5 Å². The Balaban J connectivity index is 3.32. The Morgan fingerprint density at radius 1 is 1.53 bits per heavy atom. The van der Waals surface area contributed by atoms with Crippen LogP contribution in [0.4, 0.5) is 5.69 Å². The van der Waals surface area contributed by atoms with Crippen molar-refractivity contribution in [1.29, 1.82) is 0 Å². The number of esters is 1. The van der Waals surface area contributed by atoms with E-state index in [0.29, 0.717) is 15.4 Å². The number of alkyl halides is 1. The highest BCUT2D eigenvalue weighted by molar-refractivity contribution is 9.10. The van der Waals surface area contributed by atoms with Crippen LogP contribution < -0.4 is 0 Å². The molecule has 0 saturated carbocycles. The number of hydrogen-bond acceptors (Lipinski definition) is 4. The highest BCUT2D eigenvalue weighted by Crippen LogP contribution is 2.29. The second-order valence-corrected chi connectivity index (χ2v) is 4.49. The van der Waals surface area contributed by atoms with Crippen molar-refractivity contribution in [3.8, 4) is 0 Å². The summed E-state index contributed by atoms with van der Waals surface area (Å²) in [5.74, 6) is -0.693. The van der Waals surface area contributed by atoms with Crippen LogP contribution in [0.5, 0.6) is 0 Å². The molecule has 0 spiro atoms. The van der Waals surface area contributed by atoms with E-state index in [1.807, 2.05) is 0 Å². The maximum atomic E-state index is 11.6. The van der Waals surface area contributed by atoms with Crippen LogP contribution in [0.1, 0.15) is 22.8 Å². The molecule has 0 aliphatic heterocycles. The Bertz CT molecular complexity index is 462. The first-order chi connectivity index (χ1) is 8.01. The molecule has 0 radical (unpaired) electrons. The van der Waals surface area contributed by atoms with Crippen LogP contribution in [-0.2, 0) is 10.1 Å². The number of halogens is 2. The number of ether oxygens (including phenoxy) is 1. The van der Waals surface area contributed by atoms with E-state index >= 15 is 0 Å². The average Bonchev–Trinajstić information content (AvgIpc) is 2.28. The Labute approximate surface area is 115 Å². The minimum Gasteiger partial charge on any atom is -0.462 e. The zero-order valence-corrected chi connectivity index (χ0v) is 12.1. The van der Waals surface area contributed by atoms with Crippen molar-refractivity contribution in [2.24, 2.45) is 0 Å². The molecule has 0 unspecified atom stereocenters. The average molecular weight is 367 g/mol. The molecule has 92 valence electrons. The summed E-state index contributed by atoms with van der Waals surface area (Å²) in [6.07, 6.45) is 0. The number of hydrogen-bond donors (Lipinski definition) is 0. The standard InChI is InChI=1S/C10H9Br2NO4/c1-2-17-10(14)7-4-8(12)6(5-11)3-9(7)13(15)16/h3-4H,2,5H2,1H3. The molecular weight excluding hydrogens is 358 g/mol. The third-order valence-electron chi connectivity index (χ3n) is 2.00. The topological polar surface area (TPSA) is 69.4 Å². The van der Waals surface area contributed by atoms with Crippen molar-refractivity contribution in [3.05, 3.63) is 37.8 Å². The number of carbonyl (C=O) groups excluding carboxylic acids is 1. The lowest BCUT2D eigenvalue weighted by Gasteiger charge is -2.06. The van der Waals surface area contributed by atoms with Crippen molar-refractivity contribution in [2.75, 3.05) is 6.61 Å². The van der Waals surface area contributed by atoms with Gasteiger partial charge >= 0.3 is 5.97 Å². The lowest BCUT2D eigenvalue weighted by atomic mass is 10.1. The number of nitrogens with zero attached hydrogens (tertiary/aromatic N) is 1. The molecular formula is C10H9Br2NO4. The van der Waals surface area contributed by atoms with Gasteiger partial charge in [0.2, 0.25) is 0 Å². The minimum atomic E-state index is -0.693. The van der Waals surface area contributed by atoms with Gasteiger partial charge < -0.3 is 4.74 Å². The van der Waals surface area contributed by atoms with Crippen molar-refractivity contribution >= 4 is 43.5 Å². The maximum absolute atomic E-state index is 11.6. The van der Waals surface area contributed by atoms with E-state index in [-0.39, 0.29) is 17.9 Å². The molecule has 1 rings (SSSR count). The third-order valence-corrected chi connectivity index (χ3v) is 3.34. The van der Waals surface area contributed by atoms with Crippen LogP contribution in [0, 0.1) is 10.1 Å². The van der Waals surface area contributed by atoms with Gasteiger partial charge in [-0.3, -0.25) is 10.1 Å². The highest BCUT2D eigenvalue weighted by Gasteiger charge is 2.23. The zero-order chi connectivity index (χ0) is 13.0. The molecule has 17 heavy (non-hydrogen) atoms. The summed E-state index contributed by atoms with van der Waals surface area (Å²) < 4.78 is 5.40. The molecule has 0 saturated heterocycles. The van der Waals surface area contributed by atoms with Gasteiger partial charge in [-0.05, 0) is 18.6 Å². The fraction of sp³-hybridized carbons (Fsp3) is 0.300. The normalized spacial score (nSPS) is 10.1. The summed E-state index contributed by atoms with van der Waals surface area (Å²) in [6.45, 7) is 1.82. The first kappa shape index (κ1) is 14.1. The largest absolute Gasteiger partial charge is 0.462 e. The fourth-order valence-corrected chi connectivity index (χ4v) is 2.55. The van der Waals surface area contributed by atoms with E-state index in [0.717, 1.165) is 0 Å². The van der Waals surface area contributed by atoms with Gasteiger partial charge in [0.25, 0.3) is 5.69 Å². The van der Waals surface area contributed by atoms with Crippen LogP contribution in [-0.4, -0.2) is 17.5 Å². The molecule has 0 aliphatic carbocycles. The summed E-state index contributed by atoms with van der Waals surface area (Å²) in [6, 6.07) is 2.76. The van der Waals surface area contributed by atoms with Crippen LogP contribution in [0.3, 0.4) is 0 Å². The van der Waals surface area contributed by atoms with E-state index in [2.05, 4.69) is 31.9 Å². The van der Waals surface area contributed by atoms with Crippen LogP contribution in [0.2, 0.25) is 0 Å². The molecule has 0 N–H and O–H groups in total. The molecule has 5 nitrogen and oxygen atoms in total. The molecule has 0 aliphatic rings. The van der Waals surface area contributed by atoms with E-state index < -0.39 is 10.9 Å². The SMILES string of the molecule is CCOC(=O)c1cc(Br)c(CBr)cc1[N+](=O)[O-]. The lowest BCUT2D eigenvalue weighted by Crippen LogP contribution is -2.08. The molecule has 7 heteroatoms. The molecule has 0 aromatic heterocycles. The Kier molecular flexibility index (Phi) is 5.07. The summed E-state index contributed by atoms with van der Waals surface area (Å²) in [4.78, 5) is 21.8. The summed E-state index contributed by atoms with van der Waals surface area (Å²) in [5.41, 5.74) is 0.402. The smallest absolute Gasteiger partial charge is 0.345 e. The zero-order valence-electron chi connectivity index (χ0n) is 8.91. The van der Waals surface area contributed by atoms with Gasteiger partial charge in [-0.15, -0.1) is 0 Å².